The second kappa shape index (κ2) is 9.50. The lowest BCUT2D eigenvalue weighted by atomic mass is 9.96. The van der Waals surface area contributed by atoms with Crippen LogP contribution in [-0.4, -0.2) is 23.0 Å². The quantitative estimate of drug-likeness (QED) is 0.690. The minimum Gasteiger partial charge on any atom is -0.335 e. The third-order valence-electron chi connectivity index (χ3n) is 4.73. The Morgan fingerprint density at radius 3 is 2.70 bits per heavy atom. The van der Waals surface area contributed by atoms with Crippen molar-refractivity contribution in [1.29, 1.82) is 0 Å². The van der Waals surface area contributed by atoms with Crippen molar-refractivity contribution in [3.63, 3.8) is 0 Å². The smallest absolute Gasteiger partial charge is 0.321 e. The van der Waals surface area contributed by atoms with Crippen LogP contribution in [0.2, 0.25) is 0 Å². The molecule has 0 atom stereocenters. The standard InChI is InChI=1S/C20H26N4O2S/c1-2-14-8-6-7-11-17(14)23-18(25)12-16-13-27-20(22-16)24-19(26)21-15-9-4-3-5-10-15/h6-8,11,13,15H,2-5,9-10,12H2,1H3,(H,23,25)(H2,21,22,24,26). The van der Waals surface area contributed by atoms with Crippen molar-refractivity contribution in [2.45, 2.75) is 57.9 Å². The maximum atomic E-state index is 12.3. The van der Waals surface area contributed by atoms with Gasteiger partial charge >= 0.3 is 6.03 Å². The molecule has 0 saturated heterocycles. The van der Waals surface area contributed by atoms with E-state index in [1.54, 1.807) is 0 Å². The van der Waals surface area contributed by atoms with E-state index in [4.69, 9.17) is 0 Å². The van der Waals surface area contributed by atoms with E-state index < -0.39 is 0 Å². The van der Waals surface area contributed by atoms with Gasteiger partial charge < -0.3 is 10.6 Å². The van der Waals surface area contributed by atoms with Crippen LogP contribution in [0.3, 0.4) is 0 Å². The normalized spacial score (nSPS) is 14.6. The van der Waals surface area contributed by atoms with E-state index in [1.807, 2.05) is 29.6 Å². The number of para-hydroxylation sites is 1. The molecule has 7 heteroatoms. The predicted octanol–water partition coefficient (Wildman–Crippen LogP) is 4.34. The molecule has 0 aliphatic heterocycles. The van der Waals surface area contributed by atoms with Crippen LogP contribution in [0, 0.1) is 0 Å². The van der Waals surface area contributed by atoms with Crippen molar-refractivity contribution < 1.29 is 9.59 Å². The maximum Gasteiger partial charge on any atom is 0.321 e. The predicted molar refractivity (Wildman–Crippen MR) is 109 cm³/mol. The minimum atomic E-state index is -0.218. The van der Waals surface area contributed by atoms with Gasteiger partial charge in [-0.3, -0.25) is 10.1 Å². The van der Waals surface area contributed by atoms with E-state index in [2.05, 4.69) is 27.9 Å². The Morgan fingerprint density at radius 1 is 1.15 bits per heavy atom. The molecule has 3 amide bonds. The molecule has 1 aromatic heterocycles. The average Bonchev–Trinajstić information content (AvgIpc) is 3.09. The fourth-order valence-electron chi connectivity index (χ4n) is 3.32. The molecule has 6 nitrogen and oxygen atoms in total. The highest BCUT2D eigenvalue weighted by Gasteiger charge is 2.16. The summed E-state index contributed by atoms with van der Waals surface area (Å²) in [5.74, 6) is -0.112. The molecular weight excluding hydrogens is 360 g/mol. The Bertz CT molecular complexity index is 784. The molecule has 27 heavy (non-hydrogen) atoms. The van der Waals surface area contributed by atoms with Gasteiger partial charge in [-0.25, -0.2) is 9.78 Å². The van der Waals surface area contributed by atoms with Gasteiger partial charge in [0.25, 0.3) is 0 Å². The number of carbonyl (C=O) groups excluding carboxylic acids is 2. The Labute approximate surface area is 163 Å². The van der Waals surface area contributed by atoms with Crippen LogP contribution in [0.4, 0.5) is 15.6 Å². The minimum absolute atomic E-state index is 0.112. The summed E-state index contributed by atoms with van der Waals surface area (Å²) in [6.07, 6.45) is 6.70. The molecule has 1 heterocycles. The number of urea groups is 1. The zero-order valence-electron chi connectivity index (χ0n) is 15.6. The monoisotopic (exact) mass is 386 g/mol. The zero-order chi connectivity index (χ0) is 19.1. The highest BCUT2D eigenvalue weighted by molar-refractivity contribution is 7.13. The number of carbonyl (C=O) groups is 2. The summed E-state index contributed by atoms with van der Waals surface area (Å²) in [5.41, 5.74) is 2.59. The van der Waals surface area contributed by atoms with Crippen molar-refractivity contribution in [2.75, 3.05) is 10.6 Å². The number of thiazole rings is 1. The first kappa shape index (κ1) is 19.4. The van der Waals surface area contributed by atoms with E-state index in [0.717, 1.165) is 30.5 Å². The largest absolute Gasteiger partial charge is 0.335 e. The van der Waals surface area contributed by atoms with Gasteiger partial charge in [0, 0.05) is 17.1 Å². The van der Waals surface area contributed by atoms with E-state index in [-0.39, 0.29) is 24.4 Å². The van der Waals surface area contributed by atoms with Gasteiger partial charge in [0.1, 0.15) is 0 Å². The van der Waals surface area contributed by atoms with Crippen molar-refractivity contribution in [1.82, 2.24) is 10.3 Å². The number of rotatable bonds is 6. The molecule has 3 rings (SSSR count). The van der Waals surface area contributed by atoms with E-state index in [1.165, 1.54) is 30.6 Å². The Morgan fingerprint density at radius 2 is 1.93 bits per heavy atom. The molecule has 1 aliphatic rings. The van der Waals surface area contributed by atoms with E-state index >= 15 is 0 Å². The maximum absolute atomic E-state index is 12.3. The fraction of sp³-hybridized carbons (Fsp3) is 0.450. The van der Waals surface area contributed by atoms with Crippen LogP contribution < -0.4 is 16.0 Å². The second-order valence-electron chi connectivity index (χ2n) is 6.81. The van der Waals surface area contributed by atoms with Crippen LogP contribution in [0.1, 0.15) is 50.3 Å². The first-order valence-corrected chi connectivity index (χ1v) is 10.4. The number of aromatic nitrogens is 1. The molecular formula is C20H26N4O2S. The number of anilines is 2. The summed E-state index contributed by atoms with van der Waals surface area (Å²) < 4.78 is 0. The van der Waals surface area contributed by atoms with Crippen molar-refractivity contribution in [3.8, 4) is 0 Å². The Balaban J connectivity index is 1.49. The highest BCUT2D eigenvalue weighted by atomic mass is 32.1. The van der Waals surface area contributed by atoms with Crippen LogP contribution in [-0.2, 0) is 17.6 Å². The SMILES string of the molecule is CCc1ccccc1NC(=O)Cc1csc(NC(=O)NC2CCCCC2)n1. The molecule has 1 aliphatic carbocycles. The number of nitrogens with one attached hydrogen (secondary N) is 3. The number of aryl methyl sites for hydroxylation is 1. The molecule has 0 radical (unpaired) electrons. The average molecular weight is 387 g/mol. The van der Waals surface area contributed by atoms with Gasteiger partial charge in [-0.2, -0.15) is 0 Å². The van der Waals surface area contributed by atoms with Gasteiger partial charge in [-0.1, -0.05) is 44.4 Å². The fourth-order valence-corrected chi connectivity index (χ4v) is 4.03. The highest BCUT2D eigenvalue weighted by Crippen LogP contribution is 2.20. The van der Waals surface area contributed by atoms with Gasteiger partial charge in [0.05, 0.1) is 12.1 Å². The lowest BCUT2D eigenvalue weighted by molar-refractivity contribution is -0.115. The zero-order valence-corrected chi connectivity index (χ0v) is 16.4. The summed E-state index contributed by atoms with van der Waals surface area (Å²) in [6, 6.07) is 7.81. The van der Waals surface area contributed by atoms with Gasteiger partial charge in [-0.15, -0.1) is 11.3 Å². The summed E-state index contributed by atoms with van der Waals surface area (Å²) in [7, 11) is 0. The second-order valence-corrected chi connectivity index (χ2v) is 7.67. The van der Waals surface area contributed by atoms with Gasteiger partial charge in [0.15, 0.2) is 5.13 Å². The molecule has 1 aromatic carbocycles. The van der Waals surface area contributed by atoms with Crippen molar-refractivity contribution in [3.05, 3.63) is 40.9 Å². The summed E-state index contributed by atoms with van der Waals surface area (Å²) in [6.45, 7) is 2.06. The molecule has 2 aromatic rings. The Hall–Kier alpha value is -2.41. The summed E-state index contributed by atoms with van der Waals surface area (Å²) >= 11 is 1.33. The van der Waals surface area contributed by atoms with Crippen LogP contribution >= 0.6 is 11.3 Å². The third-order valence-corrected chi connectivity index (χ3v) is 5.53. The molecule has 3 N–H and O–H groups in total. The number of nitrogens with zero attached hydrogens (tertiary/aromatic N) is 1. The van der Waals surface area contributed by atoms with Gasteiger partial charge in [-0.05, 0) is 30.9 Å². The molecule has 0 bridgehead atoms. The molecule has 144 valence electrons. The number of amides is 3. The van der Waals surface area contributed by atoms with Crippen LogP contribution in [0.15, 0.2) is 29.6 Å². The summed E-state index contributed by atoms with van der Waals surface area (Å²) in [5, 5.41) is 11.0. The first-order chi connectivity index (χ1) is 13.1. The molecule has 1 saturated carbocycles. The number of benzene rings is 1. The van der Waals surface area contributed by atoms with E-state index in [9.17, 15) is 9.59 Å². The topological polar surface area (TPSA) is 83.1 Å². The molecule has 1 fully saturated rings. The number of hydrogen-bond donors (Lipinski definition) is 3. The lowest BCUT2D eigenvalue weighted by Gasteiger charge is -2.22. The van der Waals surface area contributed by atoms with Crippen LogP contribution in [0.25, 0.3) is 0 Å². The molecule has 0 spiro atoms. The summed E-state index contributed by atoms with van der Waals surface area (Å²) in [4.78, 5) is 28.7. The van der Waals surface area contributed by atoms with Crippen LogP contribution in [0.5, 0.6) is 0 Å². The van der Waals surface area contributed by atoms with Gasteiger partial charge in [0.2, 0.25) is 5.91 Å². The number of hydrogen-bond acceptors (Lipinski definition) is 4. The molecule has 0 unspecified atom stereocenters. The Kier molecular flexibility index (Phi) is 6.81. The first-order valence-electron chi connectivity index (χ1n) is 9.53. The van der Waals surface area contributed by atoms with Crippen molar-refractivity contribution in [2.24, 2.45) is 0 Å². The lowest BCUT2D eigenvalue weighted by Crippen LogP contribution is -2.39. The third kappa shape index (κ3) is 5.79. The van der Waals surface area contributed by atoms with E-state index in [0.29, 0.717) is 10.8 Å². The van der Waals surface area contributed by atoms with Crippen molar-refractivity contribution >= 4 is 34.1 Å².